The first-order chi connectivity index (χ1) is 9.22. The summed E-state index contributed by atoms with van der Waals surface area (Å²) >= 11 is 0. The van der Waals surface area contributed by atoms with Crippen LogP contribution in [0.2, 0.25) is 0 Å². The van der Waals surface area contributed by atoms with E-state index in [4.69, 9.17) is 11.0 Å². The summed E-state index contributed by atoms with van der Waals surface area (Å²) in [7, 11) is 0. The van der Waals surface area contributed by atoms with Crippen LogP contribution in [-0.2, 0) is 6.54 Å². The summed E-state index contributed by atoms with van der Waals surface area (Å²) in [5.74, 6) is -0.306. The van der Waals surface area contributed by atoms with E-state index in [1.807, 2.05) is 6.07 Å². The molecule has 2 aromatic rings. The molecule has 5 heteroatoms. The molecule has 0 aliphatic heterocycles. The van der Waals surface area contributed by atoms with Crippen molar-refractivity contribution in [1.82, 2.24) is 4.98 Å². The van der Waals surface area contributed by atoms with E-state index in [1.54, 1.807) is 42.6 Å². The zero-order chi connectivity index (χ0) is 13.7. The van der Waals surface area contributed by atoms with Gasteiger partial charge >= 0.3 is 0 Å². The van der Waals surface area contributed by atoms with E-state index in [0.29, 0.717) is 23.5 Å². The number of pyridine rings is 1. The van der Waals surface area contributed by atoms with Gasteiger partial charge < -0.3 is 11.1 Å². The molecule has 0 bridgehead atoms. The van der Waals surface area contributed by atoms with Gasteiger partial charge in [0.2, 0.25) is 0 Å². The first-order valence-electron chi connectivity index (χ1n) is 5.69. The Bertz CT molecular complexity index is 629. The van der Waals surface area contributed by atoms with E-state index < -0.39 is 0 Å². The second-order valence-electron chi connectivity index (χ2n) is 3.90. The van der Waals surface area contributed by atoms with Crippen LogP contribution in [0.4, 0.5) is 5.69 Å². The summed E-state index contributed by atoms with van der Waals surface area (Å²) in [4.78, 5) is 16.0. The lowest BCUT2D eigenvalue weighted by Gasteiger charge is -2.05. The summed E-state index contributed by atoms with van der Waals surface area (Å²) in [6.07, 6.45) is 1.55. The van der Waals surface area contributed by atoms with Crippen molar-refractivity contribution < 1.29 is 4.79 Å². The number of carbonyl (C=O) groups excluding carboxylic acids is 1. The van der Waals surface area contributed by atoms with Gasteiger partial charge in [0.05, 0.1) is 11.6 Å². The van der Waals surface area contributed by atoms with Crippen LogP contribution in [0.15, 0.2) is 42.6 Å². The van der Waals surface area contributed by atoms with Crippen molar-refractivity contribution >= 4 is 11.6 Å². The first kappa shape index (κ1) is 12.7. The number of rotatable bonds is 3. The van der Waals surface area contributed by atoms with Crippen LogP contribution in [0.3, 0.4) is 0 Å². The number of amides is 1. The van der Waals surface area contributed by atoms with Gasteiger partial charge in [-0.05, 0) is 42.0 Å². The maximum absolute atomic E-state index is 12.0. The largest absolute Gasteiger partial charge is 0.326 e. The van der Waals surface area contributed by atoms with Crippen LogP contribution in [0.1, 0.15) is 21.6 Å². The SMILES string of the molecule is N#Cc1ccc(NC(=O)c2cc(CN)ccn2)cc1. The molecule has 1 amide bonds. The highest BCUT2D eigenvalue weighted by molar-refractivity contribution is 6.02. The number of nitrogens with two attached hydrogens (primary N) is 1. The predicted molar refractivity (Wildman–Crippen MR) is 71.2 cm³/mol. The van der Waals surface area contributed by atoms with Gasteiger partial charge in [0.15, 0.2) is 0 Å². The molecule has 0 saturated heterocycles. The molecule has 3 N–H and O–H groups in total. The number of hydrogen-bond acceptors (Lipinski definition) is 4. The van der Waals surface area contributed by atoms with E-state index >= 15 is 0 Å². The molecule has 0 radical (unpaired) electrons. The molecule has 1 aromatic heterocycles. The average molecular weight is 252 g/mol. The highest BCUT2D eigenvalue weighted by Crippen LogP contribution is 2.10. The Morgan fingerprint density at radius 1 is 1.32 bits per heavy atom. The van der Waals surface area contributed by atoms with Crippen LogP contribution in [-0.4, -0.2) is 10.9 Å². The third-order valence-electron chi connectivity index (χ3n) is 2.56. The van der Waals surface area contributed by atoms with E-state index in [0.717, 1.165) is 5.56 Å². The molecular weight excluding hydrogens is 240 g/mol. The Morgan fingerprint density at radius 2 is 2.05 bits per heavy atom. The molecule has 0 atom stereocenters. The zero-order valence-corrected chi connectivity index (χ0v) is 10.1. The number of carbonyl (C=O) groups is 1. The second-order valence-corrected chi connectivity index (χ2v) is 3.90. The lowest BCUT2D eigenvalue weighted by atomic mass is 10.2. The van der Waals surface area contributed by atoms with E-state index in [9.17, 15) is 4.79 Å². The van der Waals surface area contributed by atoms with Crippen LogP contribution < -0.4 is 11.1 Å². The van der Waals surface area contributed by atoms with Crippen molar-refractivity contribution in [3.8, 4) is 6.07 Å². The zero-order valence-electron chi connectivity index (χ0n) is 10.1. The molecule has 1 aromatic carbocycles. The smallest absolute Gasteiger partial charge is 0.274 e. The van der Waals surface area contributed by atoms with Gasteiger partial charge in [0.1, 0.15) is 5.69 Å². The van der Waals surface area contributed by atoms with Crippen molar-refractivity contribution in [2.75, 3.05) is 5.32 Å². The van der Waals surface area contributed by atoms with Crippen molar-refractivity contribution in [1.29, 1.82) is 5.26 Å². The van der Waals surface area contributed by atoms with Crippen molar-refractivity contribution in [3.63, 3.8) is 0 Å². The molecule has 1 heterocycles. The van der Waals surface area contributed by atoms with Crippen molar-refractivity contribution in [2.24, 2.45) is 5.73 Å². The molecule has 0 fully saturated rings. The molecule has 0 aliphatic carbocycles. The molecule has 0 spiro atoms. The molecule has 5 nitrogen and oxygen atoms in total. The molecular formula is C14H12N4O. The molecule has 94 valence electrons. The summed E-state index contributed by atoms with van der Waals surface area (Å²) < 4.78 is 0. The second kappa shape index (κ2) is 5.76. The maximum atomic E-state index is 12.0. The standard InChI is InChI=1S/C14H12N4O/c15-8-10-1-3-12(4-2-10)18-14(19)13-7-11(9-16)5-6-17-13/h1-7H,9,16H2,(H,18,19). The van der Waals surface area contributed by atoms with E-state index in [-0.39, 0.29) is 5.91 Å². The first-order valence-corrected chi connectivity index (χ1v) is 5.69. The molecule has 0 aliphatic rings. The highest BCUT2D eigenvalue weighted by atomic mass is 16.1. The van der Waals surface area contributed by atoms with Gasteiger partial charge in [-0.25, -0.2) is 0 Å². The minimum atomic E-state index is -0.306. The van der Waals surface area contributed by atoms with Crippen molar-refractivity contribution in [2.45, 2.75) is 6.54 Å². The van der Waals surface area contributed by atoms with Crippen molar-refractivity contribution in [3.05, 3.63) is 59.4 Å². The van der Waals surface area contributed by atoms with Crippen LogP contribution in [0.25, 0.3) is 0 Å². The molecule has 19 heavy (non-hydrogen) atoms. The minimum absolute atomic E-state index is 0.306. The number of aromatic nitrogens is 1. The average Bonchev–Trinajstić information content (AvgIpc) is 2.48. The fourth-order valence-corrected chi connectivity index (χ4v) is 1.55. The fourth-order valence-electron chi connectivity index (χ4n) is 1.55. The van der Waals surface area contributed by atoms with E-state index in [2.05, 4.69) is 10.3 Å². The van der Waals surface area contributed by atoms with Gasteiger partial charge in [-0.3, -0.25) is 9.78 Å². The highest BCUT2D eigenvalue weighted by Gasteiger charge is 2.08. The van der Waals surface area contributed by atoms with Gasteiger partial charge in [-0.15, -0.1) is 0 Å². The number of anilines is 1. The number of benzene rings is 1. The Hall–Kier alpha value is -2.71. The van der Waals surface area contributed by atoms with Gasteiger partial charge in [0, 0.05) is 18.4 Å². The third kappa shape index (κ3) is 3.15. The summed E-state index contributed by atoms with van der Waals surface area (Å²) in [6, 6.07) is 12.0. The Balaban J connectivity index is 2.13. The predicted octanol–water partition coefficient (Wildman–Crippen LogP) is 1.66. The summed E-state index contributed by atoms with van der Waals surface area (Å²) in [5, 5.41) is 11.4. The number of nitrogens with zero attached hydrogens (tertiary/aromatic N) is 2. The Labute approximate surface area is 110 Å². The maximum Gasteiger partial charge on any atom is 0.274 e. The van der Waals surface area contributed by atoms with Gasteiger partial charge in [-0.1, -0.05) is 0 Å². The lowest BCUT2D eigenvalue weighted by molar-refractivity contribution is 0.102. The number of hydrogen-bond donors (Lipinski definition) is 2. The third-order valence-corrected chi connectivity index (χ3v) is 2.56. The van der Waals surface area contributed by atoms with Crippen LogP contribution in [0.5, 0.6) is 0 Å². The lowest BCUT2D eigenvalue weighted by Crippen LogP contribution is -2.14. The Kier molecular flexibility index (Phi) is 3.86. The quantitative estimate of drug-likeness (QED) is 0.869. The monoisotopic (exact) mass is 252 g/mol. The fraction of sp³-hybridized carbons (Fsp3) is 0.0714. The molecule has 0 saturated carbocycles. The topological polar surface area (TPSA) is 91.8 Å². The minimum Gasteiger partial charge on any atom is -0.326 e. The summed E-state index contributed by atoms with van der Waals surface area (Å²) in [6.45, 7) is 0.361. The van der Waals surface area contributed by atoms with Gasteiger partial charge in [0.25, 0.3) is 5.91 Å². The van der Waals surface area contributed by atoms with Crippen LogP contribution in [0, 0.1) is 11.3 Å². The number of nitriles is 1. The summed E-state index contributed by atoms with van der Waals surface area (Å²) in [5.41, 5.74) is 7.83. The normalized spacial score (nSPS) is 9.68. The Morgan fingerprint density at radius 3 is 2.68 bits per heavy atom. The van der Waals surface area contributed by atoms with Gasteiger partial charge in [-0.2, -0.15) is 5.26 Å². The number of nitrogens with one attached hydrogen (secondary N) is 1. The van der Waals surface area contributed by atoms with Crippen LogP contribution >= 0.6 is 0 Å². The molecule has 0 unspecified atom stereocenters. The molecule has 2 rings (SSSR count). The van der Waals surface area contributed by atoms with E-state index in [1.165, 1.54) is 0 Å².